The molecule has 1 aromatic heterocycles. The Morgan fingerprint density at radius 3 is 2.43 bits per heavy atom. The van der Waals surface area contributed by atoms with Gasteiger partial charge in [-0.15, -0.1) is 0 Å². The third kappa shape index (κ3) is 2.64. The monoisotopic (exact) mass is 281 g/mol. The number of benzene rings is 2. The van der Waals surface area contributed by atoms with E-state index in [9.17, 15) is 0 Å². The molecule has 110 valence electrons. The molecular formula is C18H23N3. The van der Waals surface area contributed by atoms with E-state index in [1.54, 1.807) is 0 Å². The standard InChI is InChI=1S/C18H21N3.H2/c1-4-21(5-2)15-9-7-14(8-10-15)18-19-16-11-6-13(3)12-17(16)20-18;/h6-12H,4-5H2,1-3H3,(H,19,20);1H. The lowest BCUT2D eigenvalue weighted by Gasteiger charge is -2.20. The van der Waals surface area contributed by atoms with Crippen LogP contribution in [0.2, 0.25) is 0 Å². The van der Waals surface area contributed by atoms with Crippen molar-refractivity contribution < 1.29 is 1.43 Å². The summed E-state index contributed by atoms with van der Waals surface area (Å²) in [6, 6.07) is 14.9. The van der Waals surface area contributed by atoms with Crippen molar-refractivity contribution >= 4 is 16.7 Å². The Labute approximate surface area is 127 Å². The molecule has 0 spiro atoms. The second kappa shape index (κ2) is 5.60. The van der Waals surface area contributed by atoms with Crippen LogP contribution in [0.5, 0.6) is 0 Å². The molecule has 0 radical (unpaired) electrons. The van der Waals surface area contributed by atoms with Crippen LogP contribution in [-0.4, -0.2) is 23.1 Å². The Bertz CT molecular complexity index is 743. The zero-order valence-corrected chi connectivity index (χ0v) is 12.9. The van der Waals surface area contributed by atoms with E-state index in [4.69, 9.17) is 0 Å². The first kappa shape index (κ1) is 13.7. The fraction of sp³-hybridized carbons (Fsp3) is 0.278. The number of hydrogen-bond donors (Lipinski definition) is 1. The molecule has 0 amide bonds. The summed E-state index contributed by atoms with van der Waals surface area (Å²) < 4.78 is 0. The van der Waals surface area contributed by atoms with Gasteiger partial charge in [-0.25, -0.2) is 4.98 Å². The van der Waals surface area contributed by atoms with Crippen molar-refractivity contribution in [3.8, 4) is 11.4 Å². The molecule has 0 aliphatic heterocycles. The van der Waals surface area contributed by atoms with Crippen molar-refractivity contribution in [1.29, 1.82) is 0 Å². The van der Waals surface area contributed by atoms with E-state index >= 15 is 0 Å². The third-order valence-electron chi connectivity index (χ3n) is 3.91. The molecule has 0 saturated heterocycles. The Hall–Kier alpha value is -2.29. The topological polar surface area (TPSA) is 31.9 Å². The van der Waals surface area contributed by atoms with Gasteiger partial charge in [0.1, 0.15) is 5.82 Å². The molecule has 21 heavy (non-hydrogen) atoms. The van der Waals surface area contributed by atoms with Crippen molar-refractivity contribution in [1.82, 2.24) is 9.97 Å². The minimum atomic E-state index is 0. The number of rotatable bonds is 4. The highest BCUT2D eigenvalue weighted by Crippen LogP contribution is 2.24. The van der Waals surface area contributed by atoms with Gasteiger partial charge in [-0.3, -0.25) is 0 Å². The van der Waals surface area contributed by atoms with E-state index in [-0.39, 0.29) is 1.43 Å². The maximum absolute atomic E-state index is 4.67. The van der Waals surface area contributed by atoms with Gasteiger partial charge in [-0.1, -0.05) is 6.07 Å². The predicted molar refractivity (Wildman–Crippen MR) is 91.9 cm³/mol. The molecule has 0 atom stereocenters. The fourth-order valence-corrected chi connectivity index (χ4v) is 2.68. The highest BCUT2D eigenvalue weighted by molar-refractivity contribution is 5.80. The van der Waals surface area contributed by atoms with Crippen LogP contribution in [0.25, 0.3) is 22.4 Å². The van der Waals surface area contributed by atoms with Gasteiger partial charge in [0.2, 0.25) is 0 Å². The minimum Gasteiger partial charge on any atom is -0.372 e. The number of fused-ring (bicyclic) bond motifs is 1. The smallest absolute Gasteiger partial charge is 0.138 e. The van der Waals surface area contributed by atoms with Crippen molar-refractivity contribution in [2.24, 2.45) is 0 Å². The molecule has 3 heteroatoms. The summed E-state index contributed by atoms with van der Waals surface area (Å²) in [5.41, 5.74) is 5.74. The summed E-state index contributed by atoms with van der Waals surface area (Å²) >= 11 is 0. The minimum absolute atomic E-state index is 0. The van der Waals surface area contributed by atoms with Gasteiger partial charge < -0.3 is 9.88 Å². The van der Waals surface area contributed by atoms with E-state index in [2.05, 4.69) is 78.1 Å². The van der Waals surface area contributed by atoms with Gasteiger partial charge in [0, 0.05) is 25.8 Å². The summed E-state index contributed by atoms with van der Waals surface area (Å²) in [4.78, 5) is 10.4. The van der Waals surface area contributed by atoms with Crippen LogP contribution in [0.15, 0.2) is 42.5 Å². The van der Waals surface area contributed by atoms with Gasteiger partial charge >= 0.3 is 0 Å². The number of anilines is 1. The van der Waals surface area contributed by atoms with E-state index in [0.29, 0.717) is 0 Å². The van der Waals surface area contributed by atoms with Crippen LogP contribution in [0.4, 0.5) is 5.69 Å². The maximum atomic E-state index is 4.67. The zero-order valence-electron chi connectivity index (χ0n) is 12.9. The van der Waals surface area contributed by atoms with Gasteiger partial charge in [0.25, 0.3) is 0 Å². The molecular weight excluding hydrogens is 258 g/mol. The summed E-state index contributed by atoms with van der Waals surface area (Å²) in [5.74, 6) is 0.932. The molecule has 1 heterocycles. The zero-order chi connectivity index (χ0) is 14.8. The lowest BCUT2D eigenvalue weighted by atomic mass is 10.2. The van der Waals surface area contributed by atoms with Crippen LogP contribution < -0.4 is 4.90 Å². The van der Waals surface area contributed by atoms with Crippen LogP contribution in [0.3, 0.4) is 0 Å². The number of aromatic nitrogens is 2. The molecule has 0 aliphatic carbocycles. The first-order valence-electron chi connectivity index (χ1n) is 7.53. The first-order chi connectivity index (χ1) is 10.2. The number of nitrogens with zero attached hydrogens (tertiary/aromatic N) is 2. The fourth-order valence-electron chi connectivity index (χ4n) is 2.68. The molecule has 0 aliphatic rings. The third-order valence-corrected chi connectivity index (χ3v) is 3.91. The van der Waals surface area contributed by atoms with Crippen molar-refractivity contribution in [2.75, 3.05) is 18.0 Å². The largest absolute Gasteiger partial charge is 0.372 e. The summed E-state index contributed by atoms with van der Waals surface area (Å²) in [7, 11) is 0. The maximum Gasteiger partial charge on any atom is 0.138 e. The van der Waals surface area contributed by atoms with E-state index in [1.165, 1.54) is 11.3 Å². The highest BCUT2D eigenvalue weighted by Gasteiger charge is 2.07. The average Bonchev–Trinajstić information content (AvgIpc) is 2.92. The Morgan fingerprint density at radius 2 is 1.76 bits per heavy atom. The van der Waals surface area contributed by atoms with Crippen molar-refractivity contribution in [2.45, 2.75) is 20.8 Å². The molecule has 0 fully saturated rings. The van der Waals surface area contributed by atoms with Crippen molar-refractivity contribution in [3.05, 3.63) is 48.0 Å². The summed E-state index contributed by atoms with van der Waals surface area (Å²) in [6.45, 7) is 8.51. The Morgan fingerprint density at radius 1 is 1.05 bits per heavy atom. The normalized spacial score (nSPS) is 11.0. The number of aryl methyl sites for hydroxylation is 1. The first-order valence-corrected chi connectivity index (χ1v) is 7.53. The summed E-state index contributed by atoms with van der Waals surface area (Å²) in [5, 5.41) is 0. The van der Waals surface area contributed by atoms with Crippen LogP contribution in [0.1, 0.15) is 20.8 Å². The second-order valence-electron chi connectivity index (χ2n) is 5.33. The molecule has 1 N–H and O–H groups in total. The van der Waals surface area contributed by atoms with Crippen LogP contribution in [0, 0.1) is 6.92 Å². The number of H-pyrrole nitrogens is 1. The number of nitrogens with one attached hydrogen (secondary N) is 1. The molecule has 3 aromatic rings. The molecule has 3 rings (SSSR count). The van der Waals surface area contributed by atoms with Gasteiger partial charge in [-0.05, 0) is 62.7 Å². The van der Waals surface area contributed by atoms with E-state index in [0.717, 1.165) is 35.5 Å². The van der Waals surface area contributed by atoms with Crippen molar-refractivity contribution in [3.63, 3.8) is 0 Å². The number of aromatic amines is 1. The van der Waals surface area contributed by atoms with E-state index < -0.39 is 0 Å². The quantitative estimate of drug-likeness (QED) is 0.756. The van der Waals surface area contributed by atoms with Gasteiger partial charge in [-0.2, -0.15) is 0 Å². The molecule has 3 nitrogen and oxygen atoms in total. The number of hydrogen-bond acceptors (Lipinski definition) is 2. The highest BCUT2D eigenvalue weighted by atomic mass is 15.1. The number of imidazole rings is 1. The Balaban J connectivity index is 0.00000176. The predicted octanol–water partition coefficient (Wildman–Crippen LogP) is 4.63. The molecule has 0 unspecified atom stereocenters. The second-order valence-corrected chi connectivity index (χ2v) is 5.33. The molecule has 0 bridgehead atoms. The van der Waals surface area contributed by atoms with Gasteiger partial charge in [0.15, 0.2) is 0 Å². The average molecular weight is 281 g/mol. The SMILES string of the molecule is CCN(CC)c1ccc(-c2nc3ccc(C)cc3[nH]2)cc1.[HH]. The van der Waals surface area contributed by atoms with E-state index in [1.807, 2.05) is 0 Å². The van der Waals surface area contributed by atoms with Gasteiger partial charge in [0.05, 0.1) is 11.0 Å². The molecule has 2 aromatic carbocycles. The van der Waals surface area contributed by atoms with Crippen LogP contribution >= 0.6 is 0 Å². The lowest BCUT2D eigenvalue weighted by molar-refractivity contribution is 0.866. The molecule has 0 saturated carbocycles. The Kier molecular flexibility index (Phi) is 3.65. The lowest BCUT2D eigenvalue weighted by Crippen LogP contribution is -2.21. The van der Waals surface area contributed by atoms with Crippen LogP contribution in [-0.2, 0) is 0 Å². The summed E-state index contributed by atoms with van der Waals surface area (Å²) in [6.07, 6.45) is 0.